The summed E-state index contributed by atoms with van der Waals surface area (Å²) in [7, 11) is 1.55. The third kappa shape index (κ3) is 4.49. The lowest BCUT2D eigenvalue weighted by Crippen LogP contribution is -2.17. The van der Waals surface area contributed by atoms with Crippen LogP contribution in [-0.4, -0.2) is 23.8 Å². The zero-order chi connectivity index (χ0) is 21.9. The van der Waals surface area contributed by atoms with Crippen LogP contribution in [0.5, 0.6) is 5.75 Å². The molecule has 3 aromatic rings. The number of pyridine rings is 1. The van der Waals surface area contributed by atoms with Crippen LogP contribution < -0.4 is 15.8 Å². The van der Waals surface area contributed by atoms with Crippen LogP contribution in [0, 0.1) is 0 Å². The van der Waals surface area contributed by atoms with Crippen molar-refractivity contribution in [1.82, 2.24) is 4.98 Å². The smallest absolute Gasteiger partial charge is 0.255 e. The van der Waals surface area contributed by atoms with Gasteiger partial charge in [-0.3, -0.25) is 9.59 Å². The summed E-state index contributed by atoms with van der Waals surface area (Å²) in [4.78, 5) is 29.8. The van der Waals surface area contributed by atoms with Gasteiger partial charge in [0.25, 0.3) is 5.91 Å². The van der Waals surface area contributed by atoms with Crippen molar-refractivity contribution in [3.8, 4) is 5.75 Å². The van der Waals surface area contributed by atoms with Crippen LogP contribution in [-0.2, 0) is 5.41 Å². The molecule has 0 saturated heterocycles. The highest BCUT2D eigenvalue weighted by atomic mass is 16.5. The van der Waals surface area contributed by atoms with Gasteiger partial charge in [0.15, 0.2) is 5.78 Å². The Balaban J connectivity index is 1.90. The minimum absolute atomic E-state index is 0.0137. The standard InChI is InChI=1S/C24H25N3O3/c1-24(2,3)17-9-5-15(6-10-17)21(28)19-13-14-26-22(25)20(19)27-23(29)16-7-11-18(30-4)12-8-16/h5-14H,1-4H3,(H2,25,26)(H,27,29). The third-order valence-electron chi connectivity index (χ3n) is 4.83. The molecule has 0 unspecified atom stereocenters. The normalized spacial score (nSPS) is 11.1. The topological polar surface area (TPSA) is 94.3 Å². The largest absolute Gasteiger partial charge is 0.497 e. The number of aromatic nitrogens is 1. The Labute approximate surface area is 176 Å². The van der Waals surface area contributed by atoms with E-state index in [9.17, 15) is 9.59 Å². The van der Waals surface area contributed by atoms with Crippen molar-refractivity contribution in [3.05, 3.63) is 83.0 Å². The second-order valence-corrected chi connectivity index (χ2v) is 7.96. The molecule has 6 nitrogen and oxygen atoms in total. The Morgan fingerprint density at radius 3 is 2.10 bits per heavy atom. The molecule has 0 fully saturated rings. The zero-order valence-electron chi connectivity index (χ0n) is 17.5. The highest BCUT2D eigenvalue weighted by Gasteiger charge is 2.20. The maximum absolute atomic E-state index is 13.1. The summed E-state index contributed by atoms with van der Waals surface area (Å²) >= 11 is 0. The number of amides is 1. The fourth-order valence-corrected chi connectivity index (χ4v) is 3.00. The van der Waals surface area contributed by atoms with Crippen LogP contribution in [0.25, 0.3) is 0 Å². The first-order valence-electron chi connectivity index (χ1n) is 9.56. The van der Waals surface area contributed by atoms with Crippen LogP contribution in [0.3, 0.4) is 0 Å². The Morgan fingerprint density at radius 2 is 1.53 bits per heavy atom. The number of nitrogens with zero attached hydrogens (tertiary/aromatic N) is 1. The van der Waals surface area contributed by atoms with Crippen molar-refractivity contribution in [2.45, 2.75) is 26.2 Å². The first-order chi connectivity index (χ1) is 14.2. The summed E-state index contributed by atoms with van der Waals surface area (Å²) in [5.74, 6) is 0.0834. The van der Waals surface area contributed by atoms with Gasteiger partial charge in [-0.2, -0.15) is 0 Å². The predicted octanol–water partition coefficient (Wildman–Crippen LogP) is 4.45. The summed E-state index contributed by atoms with van der Waals surface area (Å²) in [6, 6.07) is 15.6. The molecule has 0 saturated carbocycles. The van der Waals surface area contributed by atoms with E-state index in [1.54, 1.807) is 49.6 Å². The summed E-state index contributed by atoms with van der Waals surface area (Å²) in [6.45, 7) is 6.33. The van der Waals surface area contributed by atoms with E-state index < -0.39 is 5.91 Å². The van der Waals surface area contributed by atoms with Gasteiger partial charge in [0, 0.05) is 17.3 Å². The van der Waals surface area contributed by atoms with E-state index in [-0.39, 0.29) is 28.3 Å². The van der Waals surface area contributed by atoms with Crippen molar-refractivity contribution in [3.63, 3.8) is 0 Å². The number of rotatable bonds is 5. The summed E-state index contributed by atoms with van der Waals surface area (Å²) < 4.78 is 5.11. The number of carbonyl (C=O) groups is 2. The van der Waals surface area contributed by atoms with E-state index in [0.29, 0.717) is 16.9 Å². The van der Waals surface area contributed by atoms with Gasteiger partial charge in [-0.05, 0) is 41.3 Å². The molecular weight excluding hydrogens is 378 g/mol. The lowest BCUT2D eigenvalue weighted by Gasteiger charge is -2.19. The molecule has 0 atom stereocenters. The van der Waals surface area contributed by atoms with Gasteiger partial charge >= 0.3 is 0 Å². The molecule has 0 spiro atoms. The van der Waals surface area contributed by atoms with Crippen molar-refractivity contribution in [2.24, 2.45) is 0 Å². The number of methoxy groups -OCH3 is 1. The van der Waals surface area contributed by atoms with Gasteiger partial charge in [0.1, 0.15) is 11.6 Å². The van der Waals surface area contributed by atoms with Crippen LogP contribution in [0.2, 0.25) is 0 Å². The van der Waals surface area contributed by atoms with E-state index in [1.165, 1.54) is 6.20 Å². The summed E-state index contributed by atoms with van der Waals surface area (Å²) in [5.41, 5.74) is 8.50. The van der Waals surface area contributed by atoms with Crippen LogP contribution in [0.4, 0.5) is 11.5 Å². The van der Waals surface area contributed by atoms with Gasteiger partial charge < -0.3 is 15.8 Å². The quantitative estimate of drug-likeness (QED) is 0.614. The fourth-order valence-electron chi connectivity index (χ4n) is 3.00. The van der Waals surface area contributed by atoms with Gasteiger partial charge in [0.05, 0.1) is 18.4 Å². The average molecular weight is 403 g/mol. The number of nitrogens with two attached hydrogens (primary N) is 1. The third-order valence-corrected chi connectivity index (χ3v) is 4.83. The van der Waals surface area contributed by atoms with Crippen LogP contribution in [0.15, 0.2) is 60.8 Å². The Morgan fingerprint density at radius 1 is 0.933 bits per heavy atom. The molecule has 0 aliphatic heterocycles. The maximum atomic E-state index is 13.1. The summed E-state index contributed by atoms with van der Waals surface area (Å²) in [5, 5.41) is 2.73. The molecule has 0 radical (unpaired) electrons. The number of ketones is 1. The molecule has 3 N–H and O–H groups in total. The highest BCUT2D eigenvalue weighted by molar-refractivity contribution is 6.16. The number of nitrogens with one attached hydrogen (secondary N) is 1. The Bertz CT molecular complexity index is 1070. The first kappa shape index (κ1) is 21.0. The number of ether oxygens (including phenoxy) is 1. The number of anilines is 2. The minimum Gasteiger partial charge on any atom is -0.497 e. The molecule has 2 aromatic carbocycles. The van der Waals surface area contributed by atoms with Crippen LogP contribution in [0.1, 0.15) is 52.6 Å². The lowest BCUT2D eigenvalue weighted by molar-refractivity contribution is 0.102. The molecular formula is C24H25N3O3. The molecule has 30 heavy (non-hydrogen) atoms. The molecule has 0 aliphatic rings. The van der Waals surface area contributed by atoms with Gasteiger partial charge in [-0.1, -0.05) is 45.0 Å². The number of hydrogen-bond donors (Lipinski definition) is 2. The molecule has 1 amide bonds. The second kappa shape index (κ2) is 8.37. The number of nitrogen functional groups attached to an aromatic ring is 1. The van der Waals surface area contributed by atoms with Gasteiger partial charge in [-0.25, -0.2) is 4.98 Å². The predicted molar refractivity (Wildman–Crippen MR) is 118 cm³/mol. The minimum atomic E-state index is -0.394. The molecule has 6 heteroatoms. The number of carbonyl (C=O) groups excluding carboxylic acids is 2. The molecule has 154 valence electrons. The van der Waals surface area contributed by atoms with Crippen molar-refractivity contribution >= 4 is 23.2 Å². The number of hydrogen-bond acceptors (Lipinski definition) is 5. The maximum Gasteiger partial charge on any atom is 0.255 e. The number of benzene rings is 2. The highest BCUT2D eigenvalue weighted by Crippen LogP contribution is 2.27. The Kier molecular flexibility index (Phi) is 5.87. The van der Waals surface area contributed by atoms with E-state index in [2.05, 4.69) is 31.1 Å². The second-order valence-electron chi connectivity index (χ2n) is 7.96. The first-order valence-corrected chi connectivity index (χ1v) is 9.56. The average Bonchev–Trinajstić information content (AvgIpc) is 2.74. The molecule has 0 aliphatic carbocycles. The van der Waals surface area contributed by atoms with Gasteiger partial charge in [0.2, 0.25) is 0 Å². The lowest BCUT2D eigenvalue weighted by atomic mass is 9.86. The monoisotopic (exact) mass is 403 g/mol. The fraction of sp³-hybridized carbons (Fsp3) is 0.208. The van der Waals surface area contributed by atoms with Crippen LogP contribution >= 0.6 is 0 Å². The van der Waals surface area contributed by atoms with E-state index >= 15 is 0 Å². The summed E-state index contributed by atoms with van der Waals surface area (Å²) in [6.07, 6.45) is 1.45. The van der Waals surface area contributed by atoms with Crippen molar-refractivity contribution < 1.29 is 14.3 Å². The van der Waals surface area contributed by atoms with E-state index in [1.807, 2.05) is 12.1 Å². The molecule has 0 bridgehead atoms. The molecule has 1 heterocycles. The van der Waals surface area contributed by atoms with Crippen molar-refractivity contribution in [1.29, 1.82) is 0 Å². The Hall–Kier alpha value is -3.67. The van der Waals surface area contributed by atoms with E-state index in [4.69, 9.17) is 10.5 Å². The van der Waals surface area contributed by atoms with E-state index in [0.717, 1.165) is 5.56 Å². The molecule has 3 rings (SSSR count). The zero-order valence-corrected chi connectivity index (χ0v) is 17.5. The van der Waals surface area contributed by atoms with Gasteiger partial charge in [-0.15, -0.1) is 0 Å². The SMILES string of the molecule is COc1ccc(C(=O)Nc2c(C(=O)c3ccc(C(C)(C)C)cc3)ccnc2N)cc1. The van der Waals surface area contributed by atoms with Crippen molar-refractivity contribution in [2.75, 3.05) is 18.2 Å². The molecule has 1 aromatic heterocycles.